The van der Waals surface area contributed by atoms with Gasteiger partial charge in [0.15, 0.2) is 0 Å². The summed E-state index contributed by atoms with van der Waals surface area (Å²) >= 11 is 0. The van der Waals surface area contributed by atoms with Crippen molar-refractivity contribution < 1.29 is 5.11 Å². The highest BCUT2D eigenvalue weighted by Gasteiger charge is 1.94. The largest absolute Gasteiger partial charge is 0.508 e. The summed E-state index contributed by atoms with van der Waals surface area (Å²) < 4.78 is 0. The van der Waals surface area contributed by atoms with Crippen LogP contribution >= 0.6 is 0 Å². The molecule has 1 aromatic rings. The molecule has 0 unspecified atom stereocenters. The van der Waals surface area contributed by atoms with Crippen LogP contribution in [0.4, 0.5) is 0 Å². The molecule has 0 aliphatic carbocycles. The monoisotopic (exact) mass is 175 g/mol. The number of aryl methyl sites for hydroxylation is 1. The Morgan fingerprint density at radius 1 is 1.46 bits per heavy atom. The topological polar surface area (TPSA) is 32.3 Å². The van der Waals surface area contributed by atoms with Crippen LogP contribution in [0.2, 0.25) is 0 Å². The first-order chi connectivity index (χ1) is 6.24. The first-order valence-corrected chi connectivity index (χ1v) is 4.17. The van der Waals surface area contributed by atoms with Gasteiger partial charge < -0.3 is 10.4 Å². The van der Waals surface area contributed by atoms with E-state index in [4.69, 9.17) is 5.11 Å². The van der Waals surface area contributed by atoms with Crippen molar-refractivity contribution >= 4 is 0 Å². The van der Waals surface area contributed by atoms with Gasteiger partial charge in [0.2, 0.25) is 0 Å². The van der Waals surface area contributed by atoms with Crippen LogP contribution in [0.3, 0.4) is 0 Å². The third-order valence-electron chi connectivity index (χ3n) is 1.70. The van der Waals surface area contributed by atoms with Crippen molar-refractivity contribution in [3.63, 3.8) is 0 Å². The first kappa shape index (κ1) is 9.63. The van der Waals surface area contributed by atoms with E-state index < -0.39 is 0 Å². The smallest absolute Gasteiger partial charge is 0.115 e. The zero-order valence-corrected chi connectivity index (χ0v) is 7.89. The molecule has 0 aromatic heterocycles. The number of rotatable bonds is 1. The van der Waals surface area contributed by atoms with Gasteiger partial charge in [-0.05, 0) is 37.7 Å². The molecule has 2 heteroatoms. The molecule has 0 aliphatic rings. The molecule has 0 saturated heterocycles. The van der Waals surface area contributed by atoms with E-state index in [1.807, 2.05) is 20.0 Å². The SMILES string of the molecule is CNCC#Cc1ccc(O)cc1C. The Morgan fingerprint density at radius 3 is 2.85 bits per heavy atom. The number of aromatic hydroxyl groups is 1. The summed E-state index contributed by atoms with van der Waals surface area (Å²) in [7, 11) is 1.86. The molecular formula is C11H13NO. The zero-order valence-electron chi connectivity index (χ0n) is 7.89. The molecule has 2 N–H and O–H groups in total. The van der Waals surface area contributed by atoms with E-state index in [2.05, 4.69) is 17.2 Å². The van der Waals surface area contributed by atoms with Crippen LogP contribution in [0.1, 0.15) is 11.1 Å². The fourth-order valence-corrected chi connectivity index (χ4v) is 1.02. The molecule has 68 valence electrons. The Morgan fingerprint density at radius 2 is 2.23 bits per heavy atom. The van der Waals surface area contributed by atoms with Crippen molar-refractivity contribution in [1.29, 1.82) is 0 Å². The Labute approximate surface area is 78.6 Å². The first-order valence-electron chi connectivity index (χ1n) is 4.17. The van der Waals surface area contributed by atoms with Crippen LogP contribution in [0.25, 0.3) is 0 Å². The van der Waals surface area contributed by atoms with E-state index in [0.717, 1.165) is 11.1 Å². The second-order valence-corrected chi connectivity index (χ2v) is 2.83. The minimum absolute atomic E-state index is 0.289. The average Bonchev–Trinajstić information content (AvgIpc) is 2.09. The predicted octanol–water partition coefficient (Wildman–Crippen LogP) is 1.27. The van der Waals surface area contributed by atoms with Crippen LogP contribution in [0, 0.1) is 18.8 Å². The molecule has 2 nitrogen and oxygen atoms in total. The van der Waals surface area contributed by atoms with Gasteiger partial charge in [0, 0.05) is 5.56 Å². The standard InChI is InChI=1S/C11H13NO/c1-9-8-11(13)6-5-10(9)4-3-7-12-2/h5-6,8,12-13H,7H2,1-2H3. The summed E-state index contributed by atoms with van der Waals surface area (Å²) in [4.78, 5) is 0. The molecule has 0 spiro atoms. The van der Waals surface area contributed by atoms with Gasteiger partial charge in [-0.25, -0.2) is 0 Å². The Kier molecular flexibility index (Phi) is 3.36. The lowest BCUT2D eigenvalue weighted by Gasteiger charge is -1.97. The molecule has 0 radical (unpaired) electrons. The second-order valence-electron chi connectivity index (χ2n) is 2.83. The Balaban J connectivity index is 2.85. The Hall–Kier alpha value is -1.46. The lowest BCUT2D eigenvalue weighted by molar-refractivity contribution is 0.475. The van der Waals surface area contributed by atoms with Crippen molar-refractivity contribution in [3.05, 3.63) is 29.3 Å². The highest BCUT2D eigenvalue weighted by atomic mass is 16.3. The van der Waals surface area contributed by atoms with Crippen molar-refractivity contribution in [2.24, 2.45) is 0 Å². The molecule has 0 saturated carbocycles. The lowest BCUT2D eigenvalue weighted by Crippen LogP contribution is -2.04. The molecule has 13 heavy (non-hydrogen) atoms. The van der Waals surface area contributed by atoms with Gasteiger partial charge in [0.05, 0.1) is 6.54 Å². The number of benzene rings is 1. The second kappa shape index (κ2) is 4.54. The van der Waals surface area contributed by atoms with Gasteiger partial charge in [-0.15, -0.1) is 0 Å². The number of hydrogen-bond acceptors (Lipinski definition) is 2. The van der Waals surface area contributed by atoms with Crippen molar-refractivity contribution in [3.8, 4) is 17.6 Å². The summed E-state index contributed by atoms with van der Waals surface area (Å²) in [6.45, 7) is 2.61. The van der Waals surface area contributed by atoms with Crippen molar-refractivity contribution in [2.75, 3.05) is 13.6 Å². The fraction of sp³-hybridized carbons (Fsp3) is 0.273. The van der Waals surface area contributed by atoms with Crippen molar-refractivity contribution in [2.45, 2.75) is 6.92 Å². The van der Waals surface area contributed by atoms with Gasteiger partial charge in [-0.2, -0.15) is 0 Å². The number of nitrogens with one attached hydrogen (secondary N) is 1. The molecule has 0 heterocycles. The summed E-state index contributed by atoms with van der Waals surface area (Å²) in [5.74, 6) is 6.27. The van der Waals surface area contributed by atoms with Crippen LogP contribution in [0.5, 0.6) is 5.75 Å². The van der Waals surface area contributed by atoms with Gasteiger partial charge in [0.25, 0.3) is 0 Å². The van der Waals surface area contributed by atoms with Crippen LogP contribution in [0.15, 0.2) is 18.2 Å². The molecule has 0 atom stereocenters. The van der Waals surface area contributed by atoms with Crippen LogP contribution in [-0.4, -0.2) is 18.7 Å². The third kappa shape index (κ3) is 2.81. The molecular weight excluding hydrogens is 162 g/mol. The predicted molar refractivity (Wildman–Crippen MR) is 53.6 cm³/mol. The fourth-order valence-electron chi connectivity index (χ4n) is 1.02. The lowest BCUT2D eigenvalue weighted by atomic mass is 10.1. The maximum atomic E-state index is 9.15. The van der Waals surface area contributed by atoms with Crippen LogP contribution < -0.4 is 5.32 Å². The number of hydrogen-bond donors (Lipinski definition) is 2. The van der Waals surface area contributed by atoms with E-state index in [1.165, 1.54) is 0 Å². The van der Waals surface area contributed by atoms with E-state index in [1.54, 1.807) is 12.1 Å². The van der Waals surface area contributed by atoms with E-state index >= 15 is 0 Å². The maximum absolute atomic E-state index is 9.15. The molecule has 0 aliphatic heterocycles. The molecule has 1 rings (SSSR count). The average molecular weight is 175 g/mol. The summed E-state index contributed by atoms with van der Waals surface area (Å²) in [5.41, 5.74) is 1.97. The highest BCUT2D eigenvalue weighted by molar-refractivity contribution is 5.44. The summed E-state index contributed by atoms with van der Waals surface area (Å²) in [6, 6.07) is 5.19. The summed E-state index contributed by atoms with van der Waals surface area (Å²) in [6.07, 6.45) is 0. The van der Waals surface area contributed by atoms with Crippen LogP contribution in [-0.2, 0) is 0 Å². The molecule has 0 bridgehead atoms. The minimum atomic E-state index is 0.289. The van der Waals surface area contributed by atoms with E-state index in [-0.39, 0.29) is 5.75 Å². The van der Waals surface area contributed by atoms with E-state index in [9.17, 15) is 0 Å². The van der Waals surface area contributed by atoms with Gasteiger partial charge in [-0.1, -0.05) is 11.8 Å². The summed E-state index contributed by atoms with van der Waals surface area (Å²) in [5, 5.41) is 12.1. The molecule has 1 aromatic carbocycles. The van der Waals surface area contributed by atoms with Gasteiger partial charge >= 0.3 is 0 Å². The molecule has 0 amide bonds. The highest BCUT2D eigenvalue weighted by Crippen LogP contribution is 2.14. The van der Waals surface area contributed by atoms with Crippen molar-refractivity contribution in [1.82, 2.24) is 5.32 Å². The zero-order chi connectivity index (χ0) is 9.68. The minimum Gasteiger partial charge on any atom is -0.508 e. The number of phenols is 1. The third-order valence-corrected chi connectivity index (χ3v) is 1.70. The van der Waals surface area contributed by atoms with Gasteiger partial charge in [0.1, 0.15) is 5.75 Å². The number of phenolic OH excluding ortho intramolecular Hbond substituents is 1. The van der Waals surface area contributed by atoms with E-state index in [0.29, 0.717) is 6.54 Å². The van der Waals surface area contributed by atoms with Gasteiger partial charge in [-0.3, -0.25) is 0 Å². The maximum Gasteiger partial charge on any atom is 0.115 e. The Bertz CT molecular complexity index is 347. The molecule has 0 fully saturated rings. The normalized spacial score (nSPS) is 9.08. The quantitative estimate of drug-likeness (QED) is 0.630.